The molecule has 0 radical (unpaired) electrons. The van der Waals surface area contributed by atoms with Gasteiger partial charge < -0.3 is 14.3 Å². The third kappa shape index (κ3) is 2.78. The monoisotopic (exact) mass is 373 g/mol. The Balaban J connectivity index is 1.41. The summed E-state index contributed by atoms with van der Waals surface area (Å²) in [4.78, 5) is 29.2. The van der Waals surface area contributed by atoms with Crippen molar-refractivity contribution < 1.29 is 14.1 Å². The Morgan fingerprint density at radius 1 is 1.07 bits per heavy atom. The Morgan fingerprint density at radius 2 is 1.86 bits per heavy atom. The van der Waals surface area contributed by atoms with Gasteiger partial charge in [0, 0.05) is 24.7 Å². The van der Waals surface area contributed by atoms with Crippen LogP contribution in [0.1, 0.15) is 27.7 Å². The molecule has 0 spiro atoms. The van der Waals surface area contributed by atoms with Gasteiger partial charge in [-0.2, -0.15) is 0 Å². The van der Waals surface area contributed by atoms with E-state index in [9.17, 15) is 9.59 Å². The second-order valence-electron chi connectivity index (χ2n) is 7.18. The lowest BCUT2D eigenvalue weighted by molar-refractivity contribution is -0.139. The maximum atomic E-state index is 13.0. The van der Waals surface area contributed by atoms with E-state index in [1.54, 1.807) is 11.0 Å². The van der Waals surface area contributed by atoms with E-state index in [1.807, 2.05) is 47.4 Å². The molecule has 140 valence electrons. The largest absolute Gasteiger partial charge is 0.355 e. The molecule has 2 aromatic carbocycles. The van der Waals surface area contributed by atoms with Gasteiger partial charge in [0.25, 0.3) is 5.91 Å². The highest BCUT2D eigenvalue weighted by Gasteiger charge is 2.39. The standard InChI is InChI=1S/C22H19N3O3/c26-21-14-24(13-19-17-9-5-4-6-15(17)10-11-25(19)21)22(27)18-12-20(28-23-18)16-7-2-1-3-8-16/h1-9,12,19H,10-11,13-14H2. The zero-order valence-electron chi connectivity index (χ0n) is 15.2. The van der Waals surface area contributed by atoms with Crippen molar-refractivity contribution in [2.75, 3.05) is 19.6 Å². The smallest absolute Gasteiger partial charge is 0.276 e. The number of aromatic nitrogens is 1. The van der Waals surface area contributed by atoms with Crippen molar-refractivity contribution in [1.82, 2.24) is 15.0 Å². The van der Waals surface area contributed by atoms with Crippen molar-refractivity contribution in [1.29, 1.82) is 0 Å². The number of amides is 2. The first-order valence-electron chi connectivity index (χ1n) is 9.39. The summed E-state index contributed by atoms with van der Waals surface area (Å²) < 4.78 is 5.36. The van der Waals surface area contributed by atoms with E-state index in [-0.39, 0.29) is 30.1 Å². The molecule has 6 nitrogen and oxygen atoms in total. The molecular formula is C22H19N3O3. The van der Waals surface area contributed by atoms with Gasteiger partial charge in [0.1, 0.15) is 6.54 Å². The van der Waals surface area contributed by atoms with Gasteiger partial charge in [0.15, 0.2) is 11.5 Å². The highest BCUT2D eigenvalue weighted by molar-refractivity contribution is 5.96. The lowest BCUT2D eigenvalue weighted by Gasteiger charge is -2.44. The third-order valence-corrected chi connectivity index (χ3v) is 5.53. The average Bonchev–Trinajstić information content (AvgIpc) is 3.24. The molecule has 3 heterocycles. The normalized spacial score (nSPS) is 18.6. The summed E-state index contributed by atoms with van der Waals surface area (Å²) >= 11 is 0. The molecule has 1 aromatic heterocycles. The zero-order chi connectivity index (χ0) is 19.1. The molecule has 3 aromatic rings. The van der Waals surface area contributed by atoms with E-state index in [4.69, 9.17) is 4.52 Å². The first kappa shape index (κ1) is 16.7. The number of carbonyl (C=O) groups is 2. The second-order valence-corrected chi connectivity index (χ2v) is 7.18. The summed E-state index contributed by atoms with van der Waals surface area (Å²) in [6.07, 6.45) is 0.857. The summed E-state index contributed by atoms with van der Waals surface area (Å²) in [7, 11) is 0. The number of carbonyl (C=O) groups excluding carboxylic acids is 2. The van der Waals surface area contributed by atoms with E-state index < -0.39 is 0 Å². The van der Waals surface area contributed by atoms with Crippen LogP contribution in [0.3, 0.4) is 0 Å². The first-order valence-corrected chi connectivity index (χ1v) is 9.39. The lowest BCUT2D eigenvalue weighted by Crippen LogP contribution is -2.55. The van der Waals surface area contributed by atoms with Gasteiger partial charge in [-0.15, -0.1) is 0 Å². The minimum absolute atomic E-state index is 0.0223. The van der Waals surface area contributed by atoms with Crippen molar-refractivity contribution in [3.05, 3.63) is 77.5 Å². The quantitative estimate of drug-likeness (QED) is 0.693. The van der Waals surface area contributed by atoms with Gasteiger partial charge in [-0.25, -0.2) is 0 Å². The molecule has 1 atom stereocenters. The number of nitrogens with zero attached hydrogens (tertiary/aromatic N) is 3. The molecule has 0 saturated carbocycles. The number of piperazine rings is 1. The molecule has 1 saturated heterocycles. The number of benzene rings is 2. The van der Waals surface area contributed by atoms with Gasteiger partial charge in [-0.3, -0.25) is 9.59 Å². The third-order valence-electron chi connectivity index (χ3n) is 5.53. The Hall–Kier alpha value is -3.41. The van der Waals surface area contributed by atoms with E-state index in [0.717, 1.165) is 17.5 Å². The predicted molar refractivity (Wildman–Crippen MR) is 102 cm³/mol. The minimum Gasteiger partial charge on any atom is -0.355 e. The van der Waals surface area contributed by atoms with Gasteiger partial charge in [0.2, 0.25) is 5.91 Å². The highest BCUT2D eigenvalue weighted by atomic mass is 16.5. The van der Waals surface area contributed by atoms with E-state index in [0.29, 0.717) is 18.8 Å². The fourth-order valence-corrected chi connectivity index (χ4v) is 4.11. The summed E-state index contributed by atoms with van der Waals surface area (Å²) in [6, 6.07) is 19.2. The number of fused-ring (bicyclic) bond motifs is 3. The van der Waals surface area contributed by atoms with Crippen LogP contribution >= 0.6 is 0 Å². The number of hydrogen-bond donors (Lipinski definition) is 0. The van der Waals surface area contributed by atoms with Crippen molar-refractivity contribution in [3.63, 3.8) is 0 Å². The predicted octanol–water partition coefficient (Wildman–Crippen LogP) is 2.92. The van der Waals surface area contributed by atoms with E-state index >= 15 is 0 Å². The van der Waals surface area contributed by atoms with Gasteiger partial charge in [-0.05, 0) is 17.5 Å². The van der Waals surface area contributed by atoms with Crippen LogP contribution in [0.25, 0.3) is 11.3 Å². The van der Waals surface area contributed by atoms with Crippen LogP contribution in [-0.2, 0) is 11.2 Å². The average molecular weight is 373 g/mol. The van der Waals surface area contributed by atoms with Crippen LogP contribution in [0.4, 0.5) is 0 Å². The fraction of sp³-hybridized carbons (Fsp3) is 0.227. The molecule has 2 aliphatic rings. The van der Waals surface area contributed by atoms with E-state index in [2.05, 4.69) is 17.3 Å². The molecular weight excluding hydrogens is 354 g/mol. The Morgan fingerprint density at radius 3 is 2.71 bits per heavy atom. The molecule has 6 heteroatoms. The first-order chi connectivity index (χ1) is 13.7. The molecule has 1 unspecified atom stereocenters. The highest BCUT2D eigenvalue weighted by Crippen LogP contribution is 2.33. The van der Waals surface area contributed by atoms with Crippen molar-refractivity contribution in [2.24, 2.45) is 0 Å². The fourth-order valence-electron chi connectivity index (χ4n) is 4.11. The molecule has 0 N–H and O–H groups in total. The van der Waals surface area contributed by atoms with Gasteiger partial charge >= 0.3 is 0 Å². The molecule has 0 aliphatic carbocycles. The molecule has 5 rings (SSSR count). The maximum absolute atomic E-state index is 13.0. The minimum atomic E-state index is -0.276. The SMILES string of the molecule is O=C(c1cc(-c2ccccc2)on1)N1CC(=O)N2CCc3ccccc3C2C1. The molecule has 1 fully saturated rings. The van der Waals surface area contributed by atoms with Gasteiger partial charge in [0.05, 0.1) is 6.04 Å². The lowest BCUT2D eigenvalue weighted by atomic mass is 9.90. The summed E-state index contributed by atoms with van der Waals surface area (Å²) in [6.45, 7) is 1.24. The molecule has 2 amide bonds. The van der Waals surface area contributed by atoms with Crippen molar-refractivity contribution in [3.8, 4) is 11.3 Å². The van der Waals surface area contributed by atoms with Crippen LogP contribution in [-0.4, -0.2) is 46.4 Å². The van der Waals surface area contributed by atoms with E-state index in [1.165, 1.54) is 5.56 Å². The van der Waals surface area contributed by atoms with Crippen molar-refractivity contribution >= 4 is 11.8 Å². The van der Waals surface area contributed by atoms with Crippen molar-refractivity contribution in [2.45, 2.75) is 12.5 Å². The molecule has 2 aliphatic heterocycles. The zero-order valence-corrected chi connectivity index (χ0v) is 15.2. The second kappa shape index (κ2) is 6.64. The van der Waals surface area contributed by atoms with Crippen LogP contribution in [0.5, 0.6) is 0 Å². The van der Waals surface area contributed by atoms with Crippen LogP contribution < -0.4 is 0 Å². The Kier molecular flexibility index (Phi) is 3.97. The topological polar surface area (TPSA) is 66.7 Å². The Bertz CT molecular complexity index is 1040. The maximum Gasteiger partial charge on any atom is 0.276 e. The van der Waals surface area contributed by atoms with Crippen LogP contribution in [0, 0.1) is 0 Å². The summed E-state index contributed by atoms with van der Waals surface area (Å²) in [5, 5.41) is 3.95. The van der Waals surface area contributed by atoms with Gasteiger partial charge in [-0.1, -0.05) is 59.8 Å². The van der Waals surface area contributed by atoms with Crippen LogP contribution in [0.15, 0.2) is 65.2 Å². The summed E-state index contributed by atoms with van der Waals surface area (Å²) in [5.41, 5.74) is 3.46. The number of hydrogen-bond acceptors (Lipinski definition) is 4. The molecule has 0 bridgehead atoms. The summed E-state index contributed by atoms with van der Waals surface area (Å²) in [5.74, 6) is 0.241. The molecule has 28 heavy (non-hydrogen) atoms. The van der Waals surface area contributed by atoms with Crippen LogP contribution in [0.2, 0.25) is 0 Å². The Labute approximate surface area is 162 Å². The number of rotatable bonds is 2.